The Labute approximate surface area is 133 Å². The summed E-state index contributed by atoms with van der Waals surface area (Å²) in [5.74, 6) is 0. The molecule has 3 saturated heterocycles. The lowest BCUT2D eigenvalue weighted by atomic mass is 9.87. The first kappa shape index (κ1) is 16.1. The summed E-state index contributed by atoms with van der Waals surface area (Å²) < 4.78 is 10.9. The van der Waals surface area contributed by atoms with Crippen LogP contribution in [0.1, 0.15) is 53.4 Å². The summed E-state index contributed by atoms with van der Waals surface area (Å²) in [6, 6.07) is 1.21. The predicted octanol–water partition coefficient (Wildman–Crippen LogP) is 2.54. The molecular weight excluding hydrogens is 280 g/mol. The SMILES string of the molecule is CC1(CNC2CC3CCC(C2)N3C(=O)OC(C)(C)C)COC1. The number of hydrogen-bond acceptors (Lipinski definition) is 4. The minimum Gasteiger partial charge on any atom is -0.444 e. The number of carbonyl (C=O) groups is 1. The molecule has 0 aromatic carbocycles. The van der Waals surface area contributed by atoms with Crippen molar-refractivity contribution in [3.8, 4) is 0 Å². The summed E-state index contributed by atoms with van der Waals surface area (Å²) in [6.07, 6.45) is 4.20. The van der Waals surface area contributed by atoms with E-state index in [1.165, 1.54) is 0 Å². The molecule has 1 amide bonds. The second-order valence-electron chi connectivity index (χ2n) is 8.63. The summed E-state index contributed by atoms with van der Waals surface area (Å²) in [4.78, 5) is 14.4. The van der Waals surface area contributed by atoms with Crippen LogP contribution in [0, 0.1) is 5.41 Å². The average molecular weight is 310 g/mol. The number of hydrogen-bond donors (Lipinski definition) is 1. The molecule has 0 aromatic rings. The third-order valence-electron chi connectivity index (χ3n) is 5.06. The minimum atomic E-state index is -0.412. The summed E-state index contributed by atoms with van der Waals surface area (Å²) in [5.41, 5.74) is -0.105. The van der Waals surface area contributed by atoms with Gasteiger partial charge < -0.3 is 19.7 Å². The Morgan fingerprint density at radius 1 is 1.27 bits per heavy atom. The van der Waals surface area contributed by atoms with E-state index in [0.29, 0.717) is 23.5 Å². The van der Waals surface area contributed by atoms with Crippen molar-refractivity contribution >= 4 is 6.09 Å². The minimum absolute atomic E-state index is 0.127. The standard InChI is InChI=1S/C17H30N2O3/c1-16(2,3)22-15(20)19-13-5-6-14(19)8-12(7-13)18-9-17(4)10-21-11-17/h12-14,18H,5-11H2,1-4H3. The van der Waals surface area contributed by atoms with Gasteiger partial charge in [-0.2, -0.15) is 0 Å². The van der Waals surface area contributed by atoms with Crippen LogP contribution in [0.4, 0.5) is 4.79 Å². The van der Waals surface area contributed by atoms with Gasteiger partial charge in [-0.3, -0.25) is 0 Å². The average Bonchev–Trinajstić information content (AvgIpc) is 2.64. The van der Waals surface area contributed by atoms with Crippen LogP contribution in [-0.2, 0) is 9.47 Å². The molecule has 0 radical (unpaired) electrons. The van der Waals surface area contributed by atoms with Crippen molar-refractivity contribution in [2.24, 2.45) is 5.41 Å². The first-order chi connectivity index (χ1) is 10.3. The van der Waals surface area contributed by atoms with Crippen molar-refractivity contribution in [1.29, 1.82) is 0 Å². The van der Waals surface area contributed by atoms with E-state index in [1.807, 2.05) is 25.7 Å². The quantitative estimate of drug-likeness (QED) is 0.870. The molecule has 22 heavy (non-hydrogen) atoms. The number of fused-ring (bicyclic) bond motifs is 2. The normalized spacial score (nSPS) is 33.5. The number of nitrogens with zero attached hydrogens (tertiary/aromatic N) is 1. The lowest BCUT2D eigenvalue weighted by Gasteiger charge is -2.43. The molecule has 126 valence electrons. The molecule has 3 fully saturated rings. The Hall–Kier alpha value is -0.810. The van der Waals surface area contributed by atoms with Gasteiger partial charge in [-0.15, -0.1) is 0 Å². The van der Waals surface area contributed by atoms with Gasteiger partial charge in [0.1, 0.15) is 5.60 Å². The van der Waals surface area contributed by atoms with E-state index in [4.69, 9.17) is 9.47 Å². The number of nitrogens with one attached hydrogen (secondary N) is 1. The Morgan fingerprint density at radius 3 is 2.32 bits per heavy atom. The Bertz CT molecular complexity index is 414. The van der Waals surface area contributed by atoms with E-state index in [9.17, 15) is 4.79 Å². The second-order valence-corrected chi connectivity index (χ2v) is 8.63. The van der Waals surface area contributed by atoms with Gasteiger partial charge in [-0.25, -0.2) is 4.79 Å². The van der Waals surface area contributed by atoms with Crippen molar-refractivity contribution in [2.45, 2.75) is 77.1 Å². The number of amides is 1. The highest BCUT2D eigenvalue weighted by atomic mass is 16.6. The molecular formula is C17H30N2O3. The molecule has 5 nitrogen and oxygen atoms in total. The van der Waals surface area contributed by atoms with Gasteiger partial charge in [0.25, 0.3) is 0 Å². The van der Waals surface area contributed by atoms with E-state index >= 15 is 0 Å². The monoisotopic (exact) mass is 310 g/mol. The lowest BCUT2D eigenvalue weighted by Crippen LogP contribution is -2.55. The molecule has 2 bridgehead atoms. The van der Waals surface area contributed by atoms with E-state index in [-0.39, 0.29) is 6.09 Å². The van der Waals surface area contributed by atoms with E-state index < -0.39 is 5.60 Å². The fourth-order valence-electron chi connectivity index (χ4n) is 3.90. The Kier molecular flexibility index (Phi) is 4.14. The van der Waals surface area contributed by atoms with Crippen molar-refractivity contribution < 1.29 is 14.3 Å². The van der Waals surface area contributed by atoms with Gasteiger partial charge in [0.2, 0.25) is 0 Å². The maximum Gasteiger partial charge on any atom is 0.410 e. The maximum atomic E-state index is 12.4. The second kappa shape index (κ2) is 5.68. The molecule has 0 spiro atoms. The molecule has 0 aromatic heterocycles. The molecule has 0 saturated carbocycles. The molecule has 3 heterocycles. The number of rotatable bonds is 3. The highest BCUT2D eigenvalue weighted by molar-refractivity contribution is 5.69. The zero-order valence-corrected chi connectivity index (χ0v) is 14.4. The molecule has 3 aliphatic rings. The molecule has 3 rings (SSSR count). The van der Waals surface area contributed by atoms with Gasteiger partial charge in [-0.1, -0.05) is 6.92 Å². The molecule has 2 unspecified atom stereocenters. The fraction of sp³-hybridized carbons (Fsp3) is 0.941. The molecule has 0 aliphatic carbocycles. The van der Waals surface area contributed by atoms with Crippen molar-refractivity contribution in [2.75, 3.05) is 19.8 Å². The Morgan fingerprint density at radius 2 is 1.86 bits per heavy atom. The largest absolute Gasteiger partial charge is 0.444 e. The zero-order chi connectivity index (χ0) is 16.0. The summed E-state index contributed by atoms with van der Waals surface area (Å²) in [7, 11) is 0. The fourth-order valence-corrected chi connectivity index (χ4v) is 3.90. The van der Waals surface area contributed by atoms with Crippen LogP contribution in [0.5, 0.6) is 0 Å². The van der Waals surface area contributed by atoms with Crippen LogP contribution in [0.25, 0.3) is 0 Å². The van der Waals surface area contributed by atoms with E-state index in [2.05, 4.69) is 12.2 Å². The highest BCUT2D eigenvalue weighted by Crippen LogP contribution is 2.37. The van der Waals surface area contributed by atoms with E-state index in [0.717, 1.165) is 45.4 Å². The summed E-state index contributed by atoms with van der Waals surface area (Å²) >= 11 is 0. The number of piperidine rings is 1. The van der Waals surface area contributed by atoms with Gasteiger partial charge in [0.15, 0.2) is 0 Å². The highest BCUT2D eigenvalue weighted by Gasteiger charge is 2.45. The van der Waals surface area contributed by atoms with Crippen LogP contribution in [-0.4, -0.2) is 54.5 Å². The van der Waals surface area contributed by atoms with Crippen molar-refractivity contribution in [3.05, 3.63) is 0 Å². The van der Waals surface area contributed by atoms with Crippen LogP contribution in [0.2, 0.25) is 0 Å². The third kappa shape index (κ3) is 3.40. The third-order valence-corrected chi connectivity index (χ3v) is 5.06. The number of carbonyl (C=O) groups excluding carboxylic acids is 1. The van der Waals surface area contributed by atoms with Crippen LogP contribution in [0.15, 0.2) is 0 Å². The number of ether oxygens (including phenoxy) is 2. The summed E-state index contributed by atoms with van der Waals surface area (Å²) in [5, 5.41) is 3.71. The smallest absolute Gasteiger partial charge is 0.410 e. The first-order valence-corrected chi connectivity index (χ1v) is 8.58. The van der Waals surface area contributed by atoms with Crippen molar-refractivity contribution in [1.82, 2.24) is 10.2 Å². The Balaban J connectivity index is 1.53. The van der Waals surface area contributed by atoms with Gasteiger partial charge in [0.05, 0.1) is 13.2 Å². The van der Waals surface area contributed by atoms with Crippen LogP contribution in [0.3, 0.4) is 0 Å². The van der Waals surface area contributed by atoms with Crippen molar-refractivity contribution in [3.63, 3.8) is 0 Å². The molecule has 5 heteroatoms. The molecule has 3 aliphatic heterocycles. The van der Waals surface area contributed by atoms with Crippen LogP contribution >= 0.6 is 0 Å². The zero-order valence-electron chi connectivity index (χ0n) is 14.4. The van der Waals surface area contributed by atoms with Gasteiger partial charge in [-0.05, 0) is 46.5 Å². The molecule has 2 atom stereocenters. The topological polar surface area (TPSA) is 50.8 Å². The summed E-state index contributed by atoms with van der Waals surface area (Å²) in [6.45, 7) is 10.8. The first-order valence-electron chi connectivity index (χ1n) is 8.58. The molecule has 1 N–H and O–H groups in total. The van der Waals surface area contributed by atoms with E-state index in [1.54, 1.807) is 0 Å². The van der Waals surface area contributed by atoms with Gasteiger partial charge >= 0.3 is 6.09 Å². The predicted molar refractivity (Wildman–Crippen MR) is 84.8 cm³/mol. The lowest BCUT2D eigenvalue weighted by molar-refractivity contribution is -0.101. The maximum absolute atomic E-state index is 12.4. The van der Waals surface area contributed by atoms with Crippen LogP contribution < -0.4 is 5.32 Å². The van der Waals surface area contributed by atoms with Gasteiger partial charge in [0, 0.05) is 30.1 Å².